The van der Waals surface area contributed by atoms with E-state index >= 15 is 0 Å². The number of amides is 1. The largest absolute Gasteiger partial charge is 0.490 e. The van der Waals surface area contributed by atoms with Gasteiger partial charge in [-0.3, -0.25) is 4.79 Å². The molecule has 3 N–H and O–H groups in total. The van der Waals surface area contributed by atoms with Crippen LogP contribution in [0.25, 0.3) is 0 Å². The minimum absolute atomic E-state index is 0.180. The number of carbonyl (C=O) groups excluding carboxylic acids is 1. The highest BCUT2D eigenvalue weighted by atomic mass is 32.2. The van der Waals surface area contributed by atoms with E-state index in [4.69, 9.17) is 15.6 Å². The number of sulfonamides is 1. The number of aliphatic carboxylic acids is 1. The molecule has 0 aliphatic carbocycles. The van der Waals surface area contributed by atoms with E-state index in [-0.39, 0.29) is 10.1 Å². The Morgan fingerprint density at radius 2 is 1.85 bits per heavy atom. The molecule has 1 aliphatic rings. The molecule has 8 nitrogen and oxygen atoms in total. The molecular weight excluding hydrogens is 483 g/mol. The number of carboxylic acid groups (broad SMARTS) is 1. The molecule has 0 spiro atoms. The molecule has 1 aromatic carbocycles. The lowest BCUT2D eigenvalue weighted by Crippen LogP contribution is -2.35. The minimum Gasteiger partial charge on any atom is -0.475 e. The Bertz CT molecular complexity index is 1090. The van der Waals surface area contributed by atoms with E-state index in [2.05, 4.69) is 0 Å². The Morgan fingerprint density at radius 1 is 1.24 bits per heavy atom. The number of carboxylic acids is 1. The number of thiophene rings is 1. The summed E-state index contributed by atoms with van der Waals surface area (Å²) in [5, 5.41) is 8.74. The summed E-state index contributed by atoms with van der Waals surface area (Å²) >= 11 is 1.10. The monoisotopic (exact) mass is 507 g/mol. The van der Waals surface area contributed by atoms with Crippen molar-refractivity contribution >= 4 is 33.2 Å². The van der Waals surface area contributed by atoms with Gasteiger partial charge in [-0.25, -0.2) is 13.2 Å². The molecule has 182 valence electrons. The number of halogens is 3. The van der Waals surface area contributed by atoms with E-state index in [0.29, 0.717) is 44.6 Å². The van der Waals surface area contributed by atoms with Crippen molar-refractivity contribution in [1.82, 2.24) is 9.21 Å². The number of fused-ring (bicyclic) bond motifs is 1. The van der Waals surface area contributed by atoms with Crippen molar-refractivity contribution in [3.63, 3.8) is 0 Å². The highest BCUT2D eigenvalue weighted by Crippen LogP contribution is 2.29. The Labute approximate surface area is 193 Å². The van der Waals surface area contributed by atoms with E-state index in [1.165, 1.54) is 15.9 Å². The van der Waals surface area contributed by atoms with Gasteiger partial charge in [0.05, 0.1) is 5.56 Å². The molecule has 1 amide bonds. The van der Waals surface area contributed by atoms with Crippen molar-refractivity contribution in [3.8, 4) is 0 Å². The average Bonchev–Trinajstić information content (AvgIpc) is 3.27. The first-order valence-corrected chi connectivity index (χ1v) is 12.1. The molecule has 13 heteroatoms. The van der Waals surface area contributed by atoms with Crippen LogP contribution < -0.4 is 5.73 Å². The van der Waals surface area contributed by atoms with Gasteiger partial charge in [0.1, 0.15) is 4.21 Å². The number of hydrogen-bond acceptors (Lipinski definition) is 6. The van der Waals surface area contributed by atoms with E-state index in [1.807, 2.05) is 24.3 Å². The highest BCUT2D eigenvalue weighted by Gasteiger charge is 2.38. The molecule has 1 aromatic heterocycles. The Balaban J connectivity index is 0.000000479. The van der Waals surface area contributed by atoms with Gasteiger partial charge in [-0.2, -0.15) is 17.5 Å². The summed E-state index contributed by atoms with van der Waals surface area (Å²) < 4.78 is 59.4. The van der Waals surface area contributed by atoms with Gasteiger partial charge in [-0.05, 0) is 36.6 Å². The zero-order valence-corrected chi connectivity index (χ0v) is 19.3. The first kappa shape index (κ1) is 26.8. The van der Waals surface area contributed by atoms with Crippen LogP contribution in [0.4, 0.5) is 13.2 Å². The summed E-state index contributed by atoms with van der Waals surface area (Å²) in [5.41, 5.74) is 8.12. The SMILES string of the molecule is CN(CCCN)C(=O)c1csc(S(=O)(=O)N2CCc3ccccc3C2)c1.O=C(O)C(F)(F)F. The third kappa shape index (κ3) is 7.00. The van der Waals surface area contributed by atoms with Crippen LogP contribution in [0.3, 0.4) is 0 Å². The van der Waals surface area contributed by atoms with Crippen LogP contribution in [0.15, 0.2) is 39.9 Å². The lowest BCUT2D eigenvalue weighted by Gasteiger charge is -2.27. The molecule has 0 atom stereocenters. The van der Waals surface area contributed by atoms with Gasteiger partial charge < -0.3 is 15.7 Å². The summed E-state index contributed by atoms with van der Waals surface area (Å²) in [6, 6.07) is 9.39. The van der Waals surface area contributed by atoms with Crippen molar-refractivity contribution in [1.29, 1.82) is 0 Å². The molecule has 33 heavy (non-hydrogen) atoms. The maximum atomic E-state index is 13.0. The molecule has 3 rings (SSSR count). The van der Waals surface area contributed by atoms with Crippen LogP contribution in [-0.4, -0.2) is 67.5 Å². The average molecular weight is 508 g/mol. The van der Waals surface area contributed by atoms with E-state index in [0.717, 1.165) is 16.9 Å². The molecule has 2 aromatic rings. The van der Waals surface area contributed by atoms with Crippen molar-refractivity contribution < 1.29 is 36.3 Å². The van der Waals surface area contributed by atoms with Gasteiger partial charge in [0.25, 0.3) is 15.9 Å². The molecule has 1 aliphatic heterocycles. The third-order valence-electron chi connectivity index (χ3n) is 4.80. The van der Waals surface area contributed by atoms with Gasteiger partial charge in [-0.15, -0.1) is 11.3 Å². The summed E-state index contributed by atoms with van der Waals surface area (Å²) in [6.45, 7) is 1.89. The Kier molecular flexibility index (Phi) is 9.00. The normalized spacial score (nSPS) is 14.1. The molecule has 0 bridgehead atoms. The second-order valence-corrected chi connectivity index (χ2v) is 10.3. The zero-order valence-electron chi connectivity index (χ0n) is 17.7. The summed E-state index contributed by atoms with van der Waals surface area (Å²) in [5.74, 6) is -2.94. The summed E-state index contributed by atoms with van der Waals surface area (Å²) in [6.07, 6.45) is -3.67. The number of hydrogen-bond donors (Lipinski definition) is 2. The number of carbonyl (C=O) groups is 2. The van der Waals surface area contributed by atoms with Crippen molar-refractivity contribution in [3.05, 3.63) is 52.4 Å². The van der Waals surface area contributed by atoms with Gasteiger partial charge in [0, 0.05) is 32.1 Å². The smallest absolute Gasteiger partial charge is 0.475 e. The van der Waals surface area contributed by atoms with Gasteiger partial charge >= 0.3 is 12.1 Å². The molecule has 0 saturated carbocycles. The Morgan fingerprint density at radius 3 is 2.42 bits per heavy atom. The number of nitrogens with two attached hydrogens (primary N) is 1. The van der Waals surface area contributed by atoms with Crippen LogP contribution in [-0.2, 0) is 27.8 Å². The van der Waals surface area contributed by atoms with Crippen molar-refractivity contribution in [2.24, 2.45) is 5.73 Å². The van der Waals surface area contributed by atoms with E-state index < -0.39 is 22.2 Å². The Hall–Kier alpha value is -2.48. The first-order chi connectivity index (χ1) is 15.4. The van der Waals surface area contributed by atoms with Crippen LogP contribution in [0.5, 0.6) is 0 Å². The van der Waals surface area contributed by atoms with Crippen molar-refractivity contribution in [2.75, 3.05) is 26.7 Å². The second-order valence-electron chi connectivity index (χ2n) is 7.18. The fourth-order valence-electron chi connectivity index (χ4n) is 3.02. The topological polar surface area (TPSA) is 121 Å². The number of alkyl halides is 3. The van der Waals surface area contributed by atoms with E-state index in [1.54, 1.807) is 17.3 Å². The van der Waals surface area contributed by atoms with Gasteiger partial charge in [-0.1, -0.05) is 24.3 Å². The van der Waals surface area contributed by atoms with Crippen LogP contribution >= 0.6 is 11.3 Å². The van der Waals surface area contributed by atoms with Crippen molar-refractivity contribution in [2.45, 2.75) is 29.8 Å². The van der Waals surface area contributed by atoms with Gasteiger partial charge in [0.2, 0.25) is 0 Å². The predicted octanol–water partition coefficient (Wildman–Crippen LogP) is 2.55. The minimum atomic E-state index is -5.08. The maximum absolute atomic E-state index is 13.0. The number of nitrogens with zero attached hydrogens (tertiary/aromatic N) is 2. The predicted molar refractivity (Wildman–Crippen MR) is 116 cm³/mol. The molecule has 0 saturated heterocycles. The fraction of sp³-hybridized carbons (Fsp3) is 0.400. The van der Waals surface area contributed by atoms with Crippen LogP contribution in [0.1, 0.15) is 27.9 Å². The molecule has 2 heterocycles. The zero-order chi connectivity index (χ0) is 24.8. The standard InChI is InChI=1S/C18H23N3O3S2.C2HF3O2/c1-20(9-4-8-19)18(22)16-11-17(25-13-16)26(23,24)21-10-7-14-5-2-3-6-15(14)12-21;3-2(4,5)1(6)7/h2-3,5-6,11,13H,4,7-10,12,19H2,1H3;(H,6,7). The lowest BCUT2D eigenvalue weighted by molar-refractivity contribution is -0.192. The molecular formula is C20H24F3N3O5S2. The first-order valence-electron chi connectivity index (χ1n) is 9.79. The molecule has 0 fully saturated rings. The maximum Gasteiger partial charge on any atom is 0.490 e. The highest BCUT2D eigenvalue weighted by molar-refractivity contribution is 7.91. The summed E-state index contributed by atoms with van der Waals surface area (Å²) in [7, 11) is -1.90. The second kappa shape index (κ2) is 11.1. The van der Waals surface area contributed by atoms with Crippen LogP contribution in [0.2, 0.25) is 0 Å². The third-order valence-corrected chi connectivity index (χ3v) is 8.06. The molecule has 0 unspecified atom stereocenters. The van der Waals surface area contributed by atoms with Crippen LogP contribution in [0, 0.1) is 0 Å². The number of rotatable bonds is 6. The molecule has 0 radical (unpaired) electrons. The fourth-order valence-corrected chi connectivity index (χ4v) is 5.74. The summed E-state index contributed by atoms with van der Waals surface area (Å²) in [4.78, 5) is 22.9. The van der Waals surface area contributed by atoms with Gasteiger partial charge in [0.15, 0.2) is 0 Å². The quantitative estimate of drug-likeness (QED) is 0.620. The lowest BCUT2D eigenvalue weighted by atomic mass is 10.0. The number of benzene rings is 1. The van der Waals surface area contributed by atoms with E-state index in [9.17, 15) is 26.4 Å².